The Labute approximate surface area is 57.5 Å². The molecule has 0 saturated heterocycles. The summed E-state index contributed by atoms with van der Waals surface area (Å²) in [5.41, 5.74) is 0. The Bertz CT molecular complexity index is 69.0. The molecule has 0 aromatic rings. The van der Waals surface area contributed by atoms with Crippen LogP contribution in [0.1, 0.15) is 39.5 Å². The zero-order valence-corrected chi connectivity index (χ0v) is 6.31. The van der Waals surface area contributed by atoms with Crippen molar-refractivity contribution in [3.05, 3.63) is 5.92 Å². The highest BCUT2D eigenvalue weighted by atomic mass is 16.1. The molecular weight excluding hydrogens is 112 g/mol. The van der Waals surface area contributed by atoms with Gasteiger partial charge in [-0.2, -0.15) is 0 Å². The van der Waals surface area contributed by atoms with Crippen molar-refractivity contribution >= 4 is 6.29 Å². The lowest BCUT2D eigenvalue weighted by atomic mass is 10.0. The molecule has 0 aromatic heterocycles. The number of rotatable bonds is 5. The number of hydrogen-bond donors (Lipinski definition) is 0. The maximum absolute atomic E-state index is 9.90. The second-order valence-electron chi connectivity index (χ2n) is 2.41. The predicted molar refractivity (Wildman–Crippen MR) is 39.1 cm³/mol. The van der Waals surface area contributed by atoms with Gasteiger partial charge >= 0.3 is 0 Å². The first-order valence-corrected chi connectivity index (χ1v) is 3.56. The molecule has 1 nitrogen and oxygen atoms in total. The summed E-state index contributed by atoms with van der Waals surface area (Å²) in [5, 5.41) is 0. The third-order valence-electron chi connectivity index (χ3n) is 1.37. The summed E-state index contributed by atoms with van der Waals surface area (Å²) >= 11 is 0. The standard InChI is InChI=1S/C8H15O/c1-3-5-8(2)6-4-7-9/h7H,3-6H2,1-2H3. The van der Waals surface area contributed by atoms with Crippen LogP contribution in [0.25, 0.3) is 0 Å². The molecule has 0 aliphatic carbocycles. The number of carbonyl (C=O) groups excluding carboxylic acids is 1. The van der Waals surface area contributed by atoms with Crippen molar-refractivity contribution in [3.8, 4) is 0 Å². The van der Waals surface area contributed by atoms with Gasteiger partial charge in [0, 0.05) is 6.42 Å². The van der Waals surface area contributed by atoms with Crippen LogP contribution < -0.4 is 0 Å². The van der Waals surface area contributed by atoms with Crippen molar-refractivity contribution in [3.63, 3.8) is 0 Å². The SMILES string of the molecule is CCC[C](C)CCC=O. The van der Waals surface area contributed by atoms with Gasteiger partial charge in [0.2, 0.25) is 0 Å². The van der Waals surface area contributed by atoms with E-state index in [0.717, 1.165) is 12.7 Å². The van der Waals surface area contributed by atoms with E-state index in [0.29, 0.717) is 6.42 Å². The molecule has 0 fully saturated rings. The van der Waals surface area contributed by atoms with Crippen LogP contribution in [0.15, 0.2) is 0 Å². The van der Waals surface area contributed by atoms with Crippen LogP contribution in [0.3, 0.4) is 0 Å². The molecule has 0 bridgehead atoms. The van der Waals surface area contributed by atoms with Crippen LogP contribution in [0.4, 0.5) is 0 Å². The van der Waals surface area contributed by atoms with E-state index in [1.54, 1.807) is 0 Å². The molecule has 0 spiro atoms. The van der Waals surface area contributed by atoms with Gasteiger partial charge in [0.25, 0.3) is 0 Å². The highest BCUT2D eigenvalue weighted by molar-refractivity contribution is 5.49. The van der Waals surface area contributed by atoms with E-state index >= 15 is 0 Å². The monoisotopic (exact) mass is 127 g/mol. The van der Waals surface area contributed by atoms with Gasteiger partial charge in [-0.3, -0.25) is 0 Å². The minimum absolute atomic E-state index is 0.700. The van der Waals surface area contributed by atoms with Gasteiger partial charge in [-0.05, 0) is 18.8 Å². The molecule has 0 N–H and O–H groups in total. The molecule has 0 aromatic carbocycles. The van der Waals surface area contributed by atoms with E-state index in [9.17, 15) is 4.79 Å². The average Bonchev–Trinajstić information content (AvgIpc) is 1.85. The molecule has 53 valence electrons. The van der Waals surface area contributed by atoms with Gasteiger partial charge in [0.15, 0.2) is 0 Å². The molecule has 1 radical (unpaired) electrons. The van der Waals surface area contributed by atoms with Gasteiger partial charge in [-0.1, -0.05) is 20.3 Å². The average molecular weight is 127 g/mol. The summed E-state index contributed by atoms with van der Waals surface area (Å²) in [6.45, 7) is 4.28. The van der Waals surface area contributed by atoms with Crippen LogP contribution in [0.5, 0.6) is 0 Å². The van der Waals surface area contributed by atoms with Crippen molar-refractivity contribution in [2.75, 3.05) is 0 Å². The van der Waals surface area contributed by atoms with E-state index in [4.69, 9.17) is 0 Å². The van der Waals surface area contributed by atoms with Crippen molar-refractivity contribution in [2.24, 2.45) is 0 Å². The third kappa shape index (κ3) is 5.54. The lowest BCUT2D eigenvalue weighted by Crippen LogP contribution is -1.90. The molecular formula is C8H15O. The van der Waals surface area contributed by atoms with Gasteiger partial charge in [-0.25, -0.2) is 0 Å². The first kappa shape index (κ1) is 8.67. The lowest BCUT2D eigenvalue weighted by Gasteiger charge is -2.04. The number of carbonyl (C=O) groups is 1. The zero-order valence-electron chi connectivity index (χ0n) is 6.31. The number of aldehydes is 1. The topological polar surface area (TPSA) is 17.1 Å². The Morgan fingerprint density at radius 3 is 2.56 bits per heavy atom. The van der Waals surface area contributed by atoms with Crippen molar-refractivity contribution in [1.29, 1.82) is 0 Å². The van der Waals surface area contributed by atoms with Gasteiger partial charge in [0.1, 0.15) is 6.29 Å². The molecule has 9 heavy (non-hydrogen) atoms. The summed E-state index contributed by atoms with van der Waals surface area (Å²) in [6.07, 6.45) is 5.04. The van der Waals surface area contributed by atoms with Crippen LogP contribution in [-0.2, 0) is 4.79 Å². The van der Waals surface area contributed by atoms with Crippen LogP contribution in [0, 0.1) is 5.92 Å². The van der Waals surface area contributed by atoms with E-state index in [2.05, 4.69) is 13.8 Å². The Hall–Kier alpha value is -0.330. The quantitative estimate of drug-likeness (QED) is 0.518. The smallest absolute Gasteiger partial charge is 0.120 e. The maximum atomic E-state index is 9.90. The fourth-order valence-corrected chi connectivity index (χ4v) is 0.857. The highest BCUT2D eigenvalue weighted by Gasteiger charge is 1.98. The summed E-state index contributed by atoms with van der Waals surface area (Å²) in [7, 11) is 0. The zero-order chi connectivity index (χ0) is 7.11. The molecule has 0 heterocycles. The lowest BCUT2D eigenvalue weighted by molar-refractivity contribution is -0.107. The summed E-state index contributed by atoms with van der Waals surface area (Å²) in [6, 6.07) is 0. The number of hydrogen-bond acceptors (Lipinski definition) is 1. The minimum Gasteiger partial charge on any atom is -0.303 e. The fourth-order valence-electron chi connectivity index (χ4n) is 0.857. The molecule has 0 aliphatic rings. The molecule has 0 atom stereocenters. The first-order chi connectivity index (χ1) is 4.31. The second-order valence-corrected chi connectivity index (χ2v) is 2.41. The maximum Gasteiger partial charge on any atom is 0.120 e. The van der Waals surface area contributed by atoms with Gasteiger partial charge in [-0.15, -0.1) is 0 Å². The molecule has 0 rings (SSSR count). The summed E-state index contributed by atoms with van der Waals surface area (Å²) in [4.78, 5) is 9.90. The third-order valence-corrected chi connectivity index (χ3v) is 1.37. The molecule has 0 saturated carbocycles. The van der Waals surface area contributed by atoms with Gasteiger partial charge in [0.05, 0.1) is 0 Å². The normalized spacial score (nSPS) is 10.1. The molecule has 0 aliphatic heterocycles. The van der Waals surface area contributed by atoms with E-state index in [1.807, 2.05) is 0 Å². The van der Waals surface area contributed by atoms with E-state index in [-0.39, 0.29) is 0 Å². The largest absolute Gasteiger partial charge is 0.303 e. The summed E-state index contributed by atoms with van der Waals surface area (Å²) < 4.78 is 0. The Morgan fingerprint density at radius 1 is 1.44 bits per heavy atom. The predicted octanol–water partition coefficient (Wildman–Crippen LogP) is 2.36. The van der Waals surface area contributed by atoms with Crippen LogP contribution in [0.2, 0.25) is 0 Å². The molecule has 1 heteroatoms. The fraction of sp³-hybridized carbons (Fsp3) is 0.750. The molecule has 0 unspecified atom stereocenters. The summed E-state index contributed by atoms with van der Waals surface area (Å²) in [5.74, 6) is 1.45. The Balaban J connectivity index is 3.04. The van der Waals surface area contributed by atoms with Crippen molar-refractivity contribution in [2.45, 2.75) is 39.5 Å². The second kappa shape index (κ2) is 5.80. The van der Waals surface area contributed by atoms with Crippen LogP contribution >= 0.6 is 0 Å². The Kier molecular flexibility index (Phi) is 5.59. The minimum atomic E-state index is 0.700. The van der Waals surface area contributed by atoms with Crippen molar-refractivity contribution in [1.82, 2.24) is 0 Å². The van der Waals surface area contributed by atoms with E-state index < -0.39 is 0 Å². The van der Waals surface area contributed by atoms with Gasteiger partial charge < -0.3 is 4.79 Å². The van der Waals surface area contributed by atoms with Crippen LogP contribution in [-0.4, -0.2) is 6.29 Å². The Morgan fingerprint density at radius 2 is 2.11 bits per heavy atom. The van der Waals surface area contributed by atoms with E-state index in [1.165, 1.54) is 18.8 Å². The molecule has 0 amide bonds. The van der Waals surface area contributed by atoms with Crippen molar-refractivity contribution < 1.29 is 4.79 Å². The highest BCUT2D eigenvalue weighted by Crippen LogP contribution is 2.12. The first-order valence-electron chi connectivity index (χ1n) is 3.56.